The average molecular weight is 375 g/mol. The molecule has 0 atom stereocenters. The van der Waals surface area contributed by atoms with E-state index in [0.717, 1.165) is 54.1 Å². The second-order valence-electron chi connectivity index (χ2n) is 6.85. The van der Waals surface area contributed by atoms with Crippen LogP contribution >= 0.6 is 11.6 Å². The zero-order valence-electron chi connectivity index (χ0n) is 15.1. The zero-order chi connectivity index (χ0) is 18.6. The van der Waals surface area contributed by atoms with E-state index in [1.54, 1.807) is 0 Å². The minimum absolute atomic E-state index is 0.693. The molecule has 1 aromatic heterocycles. The Morgan fingerprint density at radius 1 is 0.889 bits per heavy atom. The van der Waals surface area contributed by atoms with E-state index >= 15 is 0 Å². The van der Waals surface area contributed by atoms with Crippen LogP contribution in [0.4, 0.5) is 5.82 Å². The number of aromatic nitrogens is 1. The SMILES string of the molecule is N#Cc1c(-c2ccc(Cl)cc2)cc(-c2ccccc2)[nH+]c1N1CCCCC1. The van der Waals surface area contributed by atoms with Gasteiger partial charge in [0.1, 0.15) is 17.3 Å². The number of rotatable bonds is 3. The van der Waals surface area contributed by atoms with Crippen molar-refractivity contribution in [3.05, 3.63) is 71.2 Å². The number of nitrogens with zero attached hydrogens (tertiary/aromatic N) is 2. The molecule has 0 radical (unpaired) electrons. The largest absolute Gasteiger partial charge is 0.293 e. The highest BCUT2D eigenvalue weighted by Crippen LogP contribution is 2.33. The molecule has 2 heterocycles. The van der Waals surface area contributed by atoms with Crippen molar-refractivity contribution in [3.63, 3.8) is 0 Å². The molecule has 0 saturated carbocycles. The molecule has 1 fully saturated rings. The Kier molecular flexibility index (Phi) is 5.09. The first-order valence-electron chi connectivity index (χ1n) is 9.33. The molecule has 3 nitrogen and oxygen atoms in total. The van der Waals surface area contributed by atoms with Crippen molar-refractivity contribution in [2.24, 2.45) is 0 Å². The fourth-order valence-corrected chi connectivity index (χ4v) is 3.79. The molecule has 1 aliphatic rings. The molecule has 1 aliphatic heterocycles. The van der Waals surface area contributed by atoms with Crippen LogP contribution < -0.4 is 9.88 Å². The standard InChI is InChI=1S/C23H20ClN3/c24-19-11-9-17(10-12-19)20-15-22(18-7-3-1-4-8-18)26-23(21(20)16-25)27-13-5-2-6-14-27/h1,3-4,7-12,15H,2,5-6,13-14H2/p+1. The molecule has 1 saturated heterocycles. The second kappa shape index (κ2) is 7.82. The summed E-state index contributed by atoms with van der Waals surface area (Å²) in [6.45, 7) is 1.95. The van der Waals surface area contributed by atoms with Crippen molar-refractivity contribution in [1.82, 2.24) is 0 Å². The summed E-state index contributed by atoms with van der Waals surface area (Å²) in [6, 6.07) is 22.5. The summed E-state index contributed by atoms with van der Waals surface area (Å²) in [4.78, 5) is 5.86. The number of hydrogen-bond donors (Lipinski definition) is 0. The zero-order valence-corrected chi connectivity index (χ0v) is 15.8. The van der Waals surface area contributed by atoms with Gasteiger partial charge in [0.05, 0.1) is 13.1 Å². The number of piperidine rings is 1. The predicted octanol–water partition coefficient (Wildman–Crippen LogP) is 5.35. The van der Waals surface area contributed by atoms with E-state index in [1.165, 1.54) is 6.42 Å². The van der Waals surface area contributed by atoms with E-state index in [1.807, 2.05) is 42.5 Å². The number of aromatic amines is 1. The number of pyridine rings is 1. The fourth-order valence-electron chi connectivity index (χ4n) is 3.67. The monoisotopic (exact) mass is 374 g/mol. The Hall–Kier alpha value is -2.83. The number of nitrogens with one attached hydrogen (secondary N) is 1. The number of hydrogen-bond acceptors (Lipinski definition) is 2. The van der Waals surface area contributed by atoms with Crippen LogP contribution in [-0.4, -0.2) is 13.1 Å². The maximum atomic E-state index is 9.98. The molecular formula is C23H21ClN3+. The summed E-state index contributed by atoms with van der Waals surface area (Å²) in [6.07, 6.45) is 3.57. The van der Waals surface area contributed by atoms with Gasteiger partial charge in [-0.25, -0.2) is 4.98 Å². The van der Waals surface area contributed by atoms with Crippen LogP contribution in [-0.2, 0) is 0 Å². The number of anilines is 1. The third-order valence-corrected chi connectivity index (χ3v) is 5.32. The Bertz CT molecular complexity index is 969. The molecule has 134 valence electrons. The van der Waals surface area contributed by atoms with Crippen molar-refractivity contribution in [1.29, 1.82) is 5.26 Å². The van der Waals surface area contributed by atoms with Crippen LogP contribution in [0, 0.1) is 11.3 Å². The van der Waals surface area contributed by atoms with E-state index in [2.05, 4.69) is 34.2 Å². The van der Waals surface area contributed by atoms with Gasteiger partial charge in [0.2, 0.25) is 0 Å². The first-order chi connectivity index (χ1) is 13.3. The Morgan fingerprint density at radius 3 is 2.26 bits per heavy atom. The first kappa shape index (κ1) is 17.6. The van der Waals surface area contributed by atoms with Crippen LogP contribution in [0.25, 0.3) is 22.4 Å². The van der Waals surface area contributed by atoms with Gasteiger partial charge < -0.3 is 0 Å². The molecular weight excluding hydrogens is 354 g/mol. The van der Waals surface area contributed by atoms with Crippen molar-refractivity contribution in [2.45, 2.75) is 19.3 Å². The highest BCUT2D eigenvalue weighted by molar-refractivity contribution is 6.30. The minimum atomic E-state index is 0.693. The van der Waals surface area contributed by atoms with E-state index < -0.39 is 0 Å². The van der Waals surface area contributed by atoms with Gasteiger partial charge >= 0.3 is 0 Å². The molecule has 27 heavy (non-hydrogen) atoms. The number of halogens is 1. The lowest BCUT2D eigenvalue weighted by Crippen LogP contribution is -2.35. The molecule has 1 N–H and O–H groups in total. The van der Waals surface area contributed by atoms with Gasteiger partial charge in [0.25, 0.3) is 5.82 Å². The smallest absolute Gasteiger partial charge is 0.261 e. The highest BCUT2D eigenvalue weighted by atomic mass is 35.5. The van der Waals surface area contributed by atoms with Gasteiger partial charge in [-0.2, -0.15) is 5.26 Å². The highest BCUT2D eigenvalue weighted by Gasteiger charge is 2.27. The molecule has 0 aliphatic carbocycles. The topological polar surface area (TPSA) is 41.2 Å². The number of nitriles is 1. The van der Waals surface area contributed by atoms with E-state index in [-0.39, 0.29) is 0 Å². The third-order valence-electron chi connectivity index (χ3n) is 5.07. The van der Waals surface area contributed by atoms with Crippen molar-refractivity contribution < 1.29 is 4.98 Å². The summed E-state index contributed by atoms with van der Waals surface area (Å²) in [5.41, 5.74) is 4.75. The summed E-state index contributed by atoms with van der Waals surface area (Å²) >= 11 is 6.07. The predicted molar refractivity (Wildman–Crippen MR) is 110 cm³/mol. The molecule has 0 amide bonds. The Balaban J connectivity index is 1.93. The van der Waals surface area contributed by atoms with Crippen LogP contribution in [0.5, 0.6) is 0 Å². The van der Waals surface area contributed by atoms with E-state index in [4.69, 9.17) is 11.6 Å². The van der Waals surface area contributed by atoms with Crippen molar-refractivity contribution >= 4 is 17.4 Å². The molecule has 0 unspecified atom stereocenters. The summed E-state index contributed by atoms with van der Waals surface area (Å²) in [5.74, 6) is 0.920. The Labute approximate surface area is 164 Å². The summed E-state index contributed by atoms with van der Waals surface area (Å²) in [5, 5.41) is 10.7. The molecule has 2 aromatic carbocycles. The minimum Gasteiger partial charge on any atom is -0.261 e. The van der Waals surface area contributed by atoms with Crippen LogP contribution in [0.15, 0.2) is 60.7 Å². The van der Waals surface area contributed by atoms with Gasteiger partial charge in [-0.1, -0.05) is 54.1 Å². The maximum Gasteiger partial charge on any atom is 0.293 e. The van der Waals surface area contributed by atoms with Gasteiger partial charge in [-0.05, 0) is 43.0 Å². The van der Waals surface area contributed by atoms with Gasteiger partial charge in [0.15, 0.2) is 0 Å². The van der Waals surface area contributed by atoms with E-state index in [0.29, 0.717) is 10.6 Å². The number of benzene rings is 2. The second-order valence-corrected chi connectivity index (χ2v) is 7.29. The Morgan fingerprint density at radius 2 is 1.59 bits per heavy atom. The van der Waals surface area contributed by atoms with Crippen molar-refractivity contribution in [3.8, 4) is 28.5 Å². The number of H-pyrrole nitrogens is 1. The average Bonchev–Trinajstić information content (AvgIpc) is 2.74. The lowest BCUT2D eigenvalue weighted by molar-refractivity contribution is -0.351. The molecule has 0 spiro atoms. The quantitative estimate of drug-likeness (QED) is 0.620. The first-order valence-corrected chi connectivity index (χ1v) is 9.71. The van der Waals surface area contributed by atoms with Gasteiger partial charge in [-0.3, -0.25) is 4.90 Å². The summed E-state index contributed by atoms with van der Waals surface area (Å²) in [7, 11) is 0. The summed E-state index contributed by atoms with van der Waals surface area (Å²) < 4.78 is 0. The molecule has 4 rings (SSSR count). The lowest BCUT2D eigenvalue weighted by atomic mass is 9.97. The van der Waals surface area contributed by atoms with Crippen LogP contribution in [0.2, 0.25) is 5.02 Å². The molecule has 4 heteroatoms. The van der Waals surface area contributed by atoms with E-state index in [9.17, 15) is 5.26 Å². The lowest BCUT2D eigenvalue weighted by Gasteiger charge is -2.23. The van der Waals surface area contributed by atoms with Gasteiger partial charge in [-0.15, -0.1) is 0 Å². The van der Waals surface area contributed by atoms with Gasteiger partial charge in [0, 0.05) is 16.1 Å². The third kappa shape index (κ3) is 3.67. The molecule has 3 aromatic rings. The fraction of sp³-hybridized carbons (Fsp3) is 0.217. The molecule has 0 bridgehead atoms. The van der Waals surface area contributed by atoms with Crippen LogP contribution in [0.1, 0.15) is 24.8 Å². The normalized spacial score (nSPS) is 14.0. The van der Waals surface area contributed by atoms with Crippen LogP contribution in [0.3, 0.4) is 0 Å². The van der Waals surface area contributed by atoms with Crippen molar-refractivity contribution in [2.75, 3.05) is 18.0 Å². The maximum absolute atomic E-state index is 9.98.